The van der Waals surface area contributed by atoms with Crippen LogP contribution in [0.25, 0.3) is 11.6 Å². The van der Waals surface area contributed by atoms with Gasteiger partial charge < -0.3 is 9.84 Å². The summed E-state index contributed by atoms with van der Waals surface area (Å²) in [4.78, 5) is 4.22. The first-order valence-corrected chi connectivity index (χ1v) is 5.59. The molecule has 0 bridgehead atoms. The Bertz CT molecular complexity index is 436. The van der Waals surface area contributed by atoms with E-state index < -0.39 is 0 Å². The molecule has 0 unspecified atom stereocenters. The van der Waals surface area contributed by atoms with Gasteiger partial charge in [0.15, 0.2) is 11.5 Å². The van der Waals surface area contributed by atoms with Crippen LogP contribution in [0.4, 0.5) is 0 Å². The highest BCUT2D eigenvalue weighted by atomic mass is 32.1. The number of nitrogens with zero attached hydrogens (tertiary/aromatic N) is 4. The fraction of sp³-hybridized carbons (Fsp3) is 0.500. The second-order valence-corrected chi connectivity index (χ2v) is 4.07. The van der Waals surface area contributed by atoms with Crippen molar-refractivity contribution >= 4 is 11.5 Å². The fourth-order valence-corrected chi connectivity index (χ4v) is 1.64. The summed E-state index contributed by atoms with van der Waals surface area (Å²) in [5.74, 6) is 1.11. The molecule has 0 aliphatic heterocycles. The van der Waals surface area contributed by atoms with Crippen molar-refractivity contribution in [2.75, 3.05) is 0 Å². The van der Waals surface area contributed by atoms with E-state index in [0.717, 1.165) is 0 Å². The monoisotopic (exact) mass is 223 g/mol. The zero-order valence-corrected chi connectivity index (χ0v) is 8.70. The minimum Gasteiger partial charge on any atom is -0.332 e. The fourth-order valence-electron chi connectivity index (χ4n) is 1.21. The van der Waals surface area contributed by atoms with Crippen LogP contribution in [0, 0.1) is 0 Å². The van der Waals surface area contributed by atoms with Crippen LogP contribution < -0.4 is 5.32 Å². The highest BCUT2D eigenvalue weighted by Crippen LogP contribution is 2.19. The van der Waals surface area contributed by atoms with Gasteiger partial charge in [-0.3, -0.25) is 0 Å². The standard InChI is InChI=1S/C8H9N5OS/c1-2-5(1)9-3-7-10-8(14-12-7)6-4-15-13-11-6/h4-5,9H,1-3H2. The summed E-state index contributed by atoms with van der Waals surface area (Å²) in [6.45, 7) is 0.658. The van der Waals surface area contributed by atoms with Gasteiger partial charge in [-0.2, -0.15) is 4.98 Å². The largest absolute Gasteiger partial charge is 0.332 e. The average molecular weight is 223 g/mol. The molecule has 0 aromatic carbocycles. The first-order valence-electron chi connectivity index (χ1n) is 4.75. The minimum absolute atomic E-state index is 0.441. The van der Waals surface area contributed by atoms with Gasteiger partial charge in [0.05, 0.1) is 6.54 Å². The summed E-state index contributed by atoms with van der Waals surface area (Å²) in [7, 11) is 0. The molecule has 1 aliphatic carbocycles. The minimum atomic E-state index is 0.441. The molecule has 15 heavy (non-hydrogen) atoms. The molecule has 6 nitrogen and oxygen atoms in total. The van der Waals surface area contributed by atoms with E-state index >= 15 is 0 Å². The number of hydrogen-bond acceptors (Lipinski definition) is 7. The first-order chi connectivity index (χ1) is 7.42. The number of nitrogens with one attached hydrogen (secondary N) is 1. The highest BCUT2D eigenvalue weighted by molar-refractivity contribution is 7.03. The van der Waals surface area contributed by atoms with Gasteiger partial charge in [0.2, 0.25) is 0 Å². The molecule has 1 aliphatic rings. The Hall–Kier alpha value is -1.34. The molecular formula is C8H9N5OS. The van der Waals surface area contributed by atoms with Crippen molar-refractivity contribution in [3.05, 3.63) is 11.2 Å². The Kier molecular flexibility index (Phi) is 2.18. The molecule has 2 aromatic heterocycles. The van der Waals surface area contributed by atoms with Gasteiger partial charge in [-0.15, -0.1) is 5.10 Å². The molecular weight excluding hydrogens is 214 g/mol. The van der Waals surface area contributed by atoms with E-state index in [4.69, 9.17) is 4.52 Å². The van der Waals surface area contributed by atoms with E-state index in [1.165, 1.54) is 24.4 Å². The van der Waals surface area contributed by atoms with E-state index in [9.17, 15) is 0 Å². The molecule has 1 fully saturated rings. The van der Waals surface area contributed by atoms with Gasteiger partial charge >= 0.3 is 0 Å². The molecule has 0 saturated heterocycles. The summed E-state index contributed by atoms with van der Waals surface area (Å²) < 4.78 is 8.81. The molecule has 0 atom stereocenters. The zero-order chi connectivity index (χ0) is 10.1. The zero-order valence-electron chi connectivity index (χ0n) is 7.88. The van der Waals surface area contributed by atoms with Gasteiger partial charge in [0.1, 0.15) is 0 Å². The van der Waals surface area contributed by atoms with Crippen LogP contribution in [-0.4, -0.2) is 25.8 Å². The normalized spacial score (nSPS) is 15.7. The van der Waals surface area contributed by atoms with Crippen LogP contribution in [0.2, 0.25) is 0 Å². The van der Waals surface area contributed by atoms with Crippen molar-refractivity contribution < 1.29 is 4.52 Å². The highest BCUT2D eigenvalue weighted by Gasteiger charge is 2.21. The molecule has 1 N–H and O–H groups in total. The van der Waals surface area contributed by atoms with Gasteiger partial charge in [0, 0.05) is 11.4 Å². The lowest BCUT2D eigenvalue weighted by atomic mass is 10.5. The van der Waals surface area contributed by atoms with Crippen LogP contribution in [0.3, 0.4) is 0 Å². The van der Waals surface area contributed by atoms with Crippen molar-refractivity contribution in [1.29, 1.82) is 0 Å². The van der Waals surface area contributed by atoms with Gasteiger partial charge in [-0.1, -0.05) is 9.64 Å². The maximum atomic E-state index is 5.06. The summed E-state index contributed by atoms with van der Waals surface area (Å²) in [6, 6.07) is 0.646. The third kappa shape index (κ3) is 2.02. The van der Waals surface area contributed by atoms with Crippen molar-refractivity contribution in [3.63, 3.8) is 0 Å². The Morgan fingerprint density at radius 1 is 1.53 bits per heavy atom. The number of hydrogen-bond donors (Lipinski definition) is 1. The number of aromatic nitrogens is 4. The lowest BCUT2D eigenvalue weighted by Gasteiger charge is -1.94. The second-order valence-electron chi connectivity index (χ2n) is 3.46. The molecule has 78 valence electrons. The van der Waals surface area contributed by atoms with Gasteiger partial charge in [-0.25, -0.2) is 0 Å². The third-order valence-corrected chi connectivity index (χ3v) is 2.68. The van der Waals surface area contributed by atoms with E-state index in [1.807, 2.05) is 0 Å². The summed E-state index contributed by atoms with van der Waals surface area (Å²) in [5, 5.41) is 12.8. The third-order valence-electron chi connectivity index (χ3n) is 2.17. The van der Waals surface area contributed by atoms with E-state index in [-0.39, 0.29) is 0 Å². The van der Waals surface area contributed by atoms with E-state index in [0.29, 0.717) is 30.0 Å². The Morgan fingerprint density at radius 2 is 2.47 bits per heavy atom. The topological polar surface area (TPSA) is 76.7 Å². The molecule has 0 radical (unpaired) electrons. The Morgan fingerprint density at radius 3 is 3.20 bits per heavy atom. The van der Waals surface area contributed by atoms with Crippen LogP contribution >= 0.6 is 11.5 Å². The summed E-state index contributed by atoms with van der Waals surface area (Å²) >= 11 is 1.27. The molecule has 0 spiro atoms. The first kappa shape index (κ1) is 8.93. The maximum absolute atomic E-state index is 5.06. The van der Waals surface area contributed by atoms with Crippen LogP contribution in [-0.2, 0) is 6.54 Å². The van der Waals surface area contributed by atoms with Crippen molar-refractivity contribution in [2.45, 2.75) is 25.4 Å². The van der Waals surface area contributed by atoms with Crippen molar-refractivity contribution in [1.82, 2.24) is 25.0 Å². The summed E-state index contributed by atoms with van der Waals surface area (Å²) in [6.07, 6.45) is 2.50. The predicted octanol–water partition coefficient (Wildman–Crippen LogP) is 0.840. The van der Waals surface area contributed by atoms with Gasteiger partial charge in [0.25, 0.3) is 5.89 Å². The summed E-state index contributed by atoms with van der Waals surface area (Å²) in [5.41, 5.74) is 0.644. The predicted molar refractivity (Wildman–Crippen MR) is 53.1 cm³/mol. The van der Waals surface area contributed by atoms with Gasteiger partial charge in [-0.05, 0) is 24.4 Å². The SMILES string of the molecule is c1snnc1-c1nc(CNC2CC2)no1. The number of rotatable bonds is 4. The van der Waals surface area contributed by atoms with Crippen LogP contribution in [0.1, 0.15) is 18.7 Å². The van der Waals surface area contributed by atoms with Crippen molar-refractivity contribution in [3.8, 4) is 11.6 Å². The second kappa shape index (κ2) is 3.67. The van der Waals surface area contributed by atoms with E-state index in [1.54, 1.807) is 5.38 Å². The smallest absolute Gasteiger partial charge is 0.279 e. The molecule has 1 saturated carbocycles. The lowest BCUT2D eigenvalue weighted by molar-refractivity contribution is 0.418. The quantitative estimate of drug-likeness (QED) is 0.827. The Labute approximate surface area is 89.9 Å². The molecule has 2 aromatic rings. The van der Waals surface area contributed by atoms with Crippen LogP contribution in [0.15, 0.2) is 9.90 Å². The Balaban J connectivity index is 1.69. The average Bonchev–Trinajstić information content (AvgIpc) is 2.78. The van der Waals surface area contributed by atoms with E-state index in [2.05, 4.69) is 25.0 Å². The molecule has 2 heterocycles. The lowest BCUT2D eigenvalue weighted by Crippen LogP contribution is -2.16. The molecule has 3 rings (SSSR count). The maximum Gasteiger partial charge on any atom is 0.279 e. The molecule has 0 amide bonds. The van der Waals surface area contributed by atoms with Crippen molar-refractivity contribution in [2.24, 2.45) is 0 Å². The van der Waals surface area contributed by atoms with Crippen LogP contribution in [0.5, 0.6) is 0 Å². The molecule has 7 heteroatoms.